The van der Waals surface area contributed by atoms with Crippen LogP contribution < -0.4 is 5.32 Å². The molecule has 0 unspecified atom stereocenters. The van der Waals surface area contributed by atoms with Crippen LogP contribution >= 0.6 is 0 Å². The van der Waals surface area contributed by atoms with Gasteiger partial charge >= 0.3 is 0 Å². The van der Waals surface area contributed by atoms with Gasteiger partial charge in [-0.2, -0.15) is 0 Å². The second-order valence-corrected chi connectivity index (χ2v) is 5.26. The highest BCUT2D eigenvalue weighted by molar-refractivity contribution is 6.06. The van der Waals surface area contributed by atoms with Crippen molar-refractivity contribution in [2.45, 2.75) is 20.8 Å². The molecule has 0 saturated carbocycles. The van der Waals surface area contributed by atoms with Gasteiger partial charge in [-0.3, -0.25) is 4.79 Å². The van der Waals surface area contributed by atoms with Gasteiger partial charge in [0.25, 0.3) is 5.91 Å². The highest BCUT2D eigenvalue weighted by Crippen LogP contribution is 2.20. The third kappa shape index (κ3) is 2.52. The lowest BCUT2D eigenvalue weighted by Gasteiger charge is -2.10. The van der Waals surface area contributed by atoms with E-state index >= 15 is 0 Å². The van der Waals surface area contributed by atoms with Crippen molar-refractivity contribution < 1.29 is 4.79 Å². The minimum Gasteiger partial charge on any atom is -0.342 e. The zero-order valence-electron chi connectivity index (χ0n) is 12.3. The van der Waals surface area contributed by atoms with Crippen LogP contribution in [-0.4, -0.2) is 15.9 Å². The quantitative estimate of drug-likeness (QED) is 0.750. The molecule has 21 heavy (non-hydrogen) atoms. The molecule has 2 N–H and O–H groups in total. The monoisotopic (exact) mass is 279 g/mol. The zero-order valence-corrected chi connectivity index (χ0v) is 12.3. The molecule has 1 heterocycles. The summed E-state index contributed by atoms with van der Waals surface area (Å²) in [7, 11) is 0. The van der Waals surface area contributed by atoms with Gasteiger partial charge in [-0.05, 0) is 56.2 Å². The first kappa shape index (κ1) is 13.4. The van der Waals surface area contributed by atoms with Crippen LogP contribution in [0, 0.1) is 20.8 Å². The second kappa shape index (κ2) is 5.05. The minimum atomic E-state index is -0.113. The first-order chi connectivity index (χ1) is 10.0. The van der Waals surface area contributed by atoms with Crippen LogP contribution in [-0.2, 0) is 0 Å². The van der Waals surface area contributed by atoms with E-state index in [9.17, 15) is 4.79 Å². The molecule has 0 aliphatic rings. The summed E-state index contributed by atoms with van der Waals surface area (Å²) in [6.07, 6.45) is 0. The fraction of sp³-hybridized carbons (Fsp3) is 0.176. The number of hydrogen-bond donors (Lipinski definition) is 2. The summed E-state index contributed by atoms with van der Waals surface area (Å²) in [6.45, 7) is 5.94. The number of nitrogens with one attached hydrogen (secondary N) is 2. The Balaban J connectivity index is 1.91. The van der Waals surface area contributed by atoms with Crippen molar-refractivity contribution in [3.05, 3.63) is 58.9 Å². The lowest BCUT2D eigenvalue weighted by molar-refractivity contribution is 0.102. The molecule has 106 valence electrons. The fourth-order valence-corrected chi connectivity index (χ4v) is 2.36. The number of amides is 1. The van der Waals surface area contributed by atoms with Crippen LogP contribution in [0.4, 0.5) is 5.69 Å². The van der Waals surface area contributed by atoms with Crippen molar-refractivity contribution in [3.8, 4) is 0 Å². The minimum absolute atomic E-state index is 0.113. The van der Waals surface area contributed by atoms with Gasteiger partial charge in [0.2, 0.25) is 0 Å². The third-order valence-electron chi connectivity index (χ3n) is 3.72. The number of aryl methyl sites for hydroxylation is 2. The molecule has 2 aromatic carbocycles. The van der Waals surface area contributed by atoms with Gasteiger partial charge < -0.3 is 10.3 Å². The van der Waals surface area contributed by atoms with Gasteiger partial charge in [0.15, 0.2) is 0 Å². The highest BCUT2D eigenvalue weighted by atomic mass is 16.1. The van der Waals surface area contributed by atoms with Crippen molar-refractivity contribution in [2.75, 3.05) is 5.32 Å². The van der Waals surface area contributed by atoms with Crippen molar-refractivity contribution in [1.29, 1.82) is 0 Å². The van der Waals surface area contributed by atoms with E-state index in [0.29, 0.717) is 5.56 Å². The maximum Gasteiger partial charge on any atom is 0.255 e. The van der Waals surface area contributed by atoms with E-state index in [1.807, 2.05) is 51.1 Å². The van der Waals surface area contributed by atoms with Crippen LogP contribution in [0.5, 0.6) is 0 Å². The first-order valence-electron chi connectivity index (χ1n) is 6.88. The zero-order chi connectivity index (χ0) is 15.0. The number of H-pyrrole nitrogens is 1. The summed E-state index contributed by atoms with van der Waals surface area (Å²) in [4.78, 5) is 19.9. The second-order valence-electron chi connectivity index (χ2n) is 5.26. The normalized spacial score (nSPS) is 10.8. The van der Waals surface area contributed by atoms with E-state index in [1.54, 1.807) is 6.07 Å². The summed E-state index contributed by atoms with van der Waals surface area (Å²) in [5, 5.41) is 2.97. The standard InChI is InChI=1S/C17H17N3O/c1-10-5-4-6-14(11(10)2)20-17(21)13-7-8-15-16(9-13)19-12(3)18-15/h4-9H,1-3H3,(H,18,19)(H,20,21). The average molecular weight is 279 g/mol. The number of carbonyl (C=O) groups is 1. The van der Waals surface area contributed by atoms with E-state index in [4.69, 9.17) is 0 Å². The summed E-state index contributed by atoms with van der Waals surface area (Å²) >= 11 is 0. The van der Waals surface area contributed by atoms with E-state index in [0.717, 1.165) is 33.7 Å². The van der Waals surface area contributed by atoms with Crippen molar-refractivity contribution in [2.24, 2.45) is 0 Å². The van der Waals surface area contributed by atoms with Gasteiger partial charge in [-0.1, -0.05) is 12.1 Å². The van der Waals surface area contributed by atoms with Crippen LogP contribution in [0.15, 0.2) is 36.4 Å². The lowest BCUT2D eigenvalue weighted by Crippen LogP contribution is -2.13. The smallest absolute Gasteiger partial charge is 0.255 e. The molecule has 0 aliphatic carbocycles. The van der Waals surface area contributed by atoms with Crippen LogP contribution in [0.25, 0.3) is 11.0 Å². The van der Waals surface area contributed by atoms with Gasteiger partial charge in [0.05, 0.1) is 11.0 Å². The summed E-state index contributed by atoms with van der Waals surface area (Å²) in [6, 6.07) is 11.4. The van der Waals surface area contributed by atoms with Crippen LogP contribution in [0.3, 0.4) is 0 Å². The summed E-state index contributed by atoms with van der Waals surface area (Å²) in [5.74, 6) is 0.731. The van der Waals surface area contributed by atoms with Crippen LogP contribution in [0.1, 0.15) is 27.3 Å². The van der Waals surface area contributed by atoms with E-state index in [2.05, 4.69) is 15.3 Å². The third-order valence-corrected chi connectivity index (χ3v) is 3.72. The van der Waals surface area contributed by atoms with Crippen molar-refractivity contribution >= 4 is 22.6 Å². The molecule has 4 heteroatoms. The Morgan fingerprint density at radius 2 is 1.95 bits per heavy atom. The highest BCUT2D eigenvalue weighted by Gasteiger charge is 2.10. The number of fused-ring (bicyclic) bond motifs is 1. The number of carbonyl (C=O) groups excluding carboxylic acids is 1. The number of aromatic nitrogens is 2. The number of imidazole rings is 1. The van der Waals surface area contributed by atoms with Gasteiger partial charge in [0, 0.05) is 11.3 Å². The molecule has 3 aromatic rings. The molecule has 1 amide bonds. The number of hydrogen-bond acceptors (Lipinski definition) is 2. The Hall–Kier alpha value is -2.62. The first-order valence-corrected chi connectivity index (χ1v) is 6.88. The number of rotatable bonds is 2. The van der Waals surface area contributed by atoms with Gasteiger partial charge in [-0.15, -0.1) is 0 Å². The SMILES string of the molecule is Cc1nc2ccc(C(=O)Nc3cccc(C)c3C)cc2[nH]1. The number of benzene rings is 2. The Labute approximate surface area is 123 Å². The predicted molar refractivity (Wildman–Crippen MR) is 84.7 cm³/mol. The Kier molecular flexibility index (Phi) is 3.22. The Bertz CT molecular complexity index is 833. The molecule has 4 nitrogen and oxygen atoms in total. The summed E-state index contributed by atoms with van der Waals surface area (Å²) < 4.78 is 0. The molecule has 3 rings (SSSR count). The molecule has 0 radical (unpaired) electrons. The van der Waals surface area contributed by atoms with E-state index in [-0.39, 0.29) is 5.91 Å². The van der Waals surface area contributed by atoms with Crippen molar-refractivity contribution in [3.63, 3.8) is 0 Å². The van der Waals surface area contributed by atoms with Gasteiger partial charge in [-0.25, -0.2) is 4.98 Å². The Morgan fingerprint density at radius 1 is 1.14 bits per heavy atom. The topological polar surface area (TPSA) is 57.8 Å². The molecule has 0 atom stereocenters. The number of anilines is 1. The largest absolute Gasteiger partial charge is 0.342 e. The number of nitrogens with zero attached hydrogens (tertiary/aromatic N) is 1. The Morgan fingerprint density at radius 3 is 2.76 bits per heavy atom. The van der Waals surface area contributed by atoms with Crippen LogP contribution in [0.2, 0.25) is 0 Å². The van der Waals surface area contributed by atoms with Crippen molar-refractivity contribution in [1.82, 2.24) is 9.97 Å². The molecule has 1 aromatic heterocycles. The lowest BCUT2D eigenvalue weighted by atomic mass is 10.1. The molecule has 0 aliphatic heterocycles. The molecular formula is C17H17N3O. The maximum absolute atomic E-state index is 12.4. The van der Waals surface area contributed by atoms with Gasteiger partial charge in [0.1, 0.15) is 5.82 Å². The van der Waals surface area contributed by atoms with E-state index < -0.39 is 0 Å². The molecular weight excluding hydrogens is 262 g/mol. The predicted octanol–water partition coefficient (Wildman–Crippen LogP) is 3.74. The molecule has 0 saturated heterocycles. The number of aromatic amines is 1. The molecule has 0 spiro atoms. The maximum atomic E-state index is 12.4. The fourth-order valence-electron chi connectivity index (χ4n) is 2.36. The van der Waals surface area contributed by atoms with E-state index in [1.165, 1.54) is 0 Å². The molecule has 0 bridgehead atoms. The summed E-state index contributed by atoms with van der Waals surface area (Å²) in [5.41, 5.74) is 5.46. The molecule has 0 fully saturated rings. The average Bonchev–Trinajstić information content (AvgIpc) is 2.82.